The summed E-state index contributed by atoms with van der Waals surface area (Å²) in [4.78, 5) is 15.0. The molecule has 0 radical (unpaired) electrons. The zero-order chi connectivity index (χ0) is 15.7. The highest BCUT2D eigenvalue weighted by atomic mass is 16.5. The molecule has 4 rings (SSSR count). The predicted octanol–water partition coefficient (Wildman–Crippen LogP) is 2.60. The van der Waals surface area contributed by atoms with Crippen LogP contribution in [0.15, 0.2) is 54.6 Å². The Kier molecular flexibility index (Phi) is 3.63. The number of hydrogen-bond acceptors (Lipinski definition) is 3. The molecule has 1 amide bonds. The van der Waals surface area contributed by atoms with E-state index in [0.29, 0.717) is 18.7 Å². The Morgan fingerprint density at radius 3 is 2.65 bits per heavy atom. The maximum atomic E-state index is 13.1. The Balaban J connectivity index is 1.76. The van der Waals surface area contributed by atoms with E-state index in [1.54, 1.807) is 0 Å². The molecule has 118 valence electrons. The number of nitrogens with zero attached hydrogens (tertiary/aromatic N) is 1. The van der Waals surface area contributed by atoms with Gasteiger partial charge in [-0.15, -0.1) is 0 Å². The minimum atomic E-state index is -0.288. The van der Waals surface area contributed by atoms with Crippen LogP contribution in [0, 0.1) is 0 Å². The van der Waals surface area contributed by atoms with Crippen molar-refractivity contribution in [3.05, 3.63) is 65.7 Å². The monoisotopic (exact) mass is 308 g/mol. The molecule has 2 aromatic rings. The number of para-hydroxylation sites is 1. The van der Waals surface area contributed by atoms with Crippen LogP contribution in [0.5, 0.6) is 0 Å². The Labute approximate surface area is 136 Å². The molecule has 0 aromatic heterocycles. The van der Waals surface area contributed by atoms with Gasteiger partial charge in [-0.3, -0.25) is 4.79 Å². The number of nitrogens with one attached hydrogen (secondary N) is 1. The number of carbonyl (C=O) groups is 1. The number of ether oxygens (including phenoxy) is 1. The van der Waals surface area contributed by atoms with E-state index in [1.807, 2.05) is 59.5 Å². The Hall–Kier alpha value is -2.17. The van der Waals surface area contributed by atoms with Gasteiger partial charge in [0, 0.05) is 23.4 Å². The highest BCUT2D eigenvalue weighted by Gasteiger charge is 2.41. The molecule has 2 heterocycles. The van der Waals surface area contributed by atoms with Crippen molar-refractivity contribution in [3.63, 3.8) is 0 Å². The molecule has 4 nitrogen and oxygen atoms in total. The molecule has 2 aromatic carbocycles. The topological polar surface area (TPSA) is 41.6 Å². The van der Waals surface area contributed by atoms with Crippen molar-refractivity contribution in [2.45, 2.75) is 18.6 Å². The Morgan fingerprint density at radius 2 is 1.87 bits per heavy atom. The fourth-order valence-corrected chi connectivity index (χ4v) is 3.44. The molecule has 4 heteroatoms. The Morgan fingerprint density at radius 1 is 1.09 bits per heavy atom. The smallest absolute Gasteiger partial charge is 0.258 e. The zero-order valence-corrected chi connectivity index (χ0v) is 13.0. The quantitative estimate of drug-likeness (QED) is 0.880. The number of carbonyl (C=O) groups excluding carboxylic acids is 1. The summed E-state index contributed by atoms with van der Waals surface area (Å²) in [7, 11) is 0. The van der Waals surface area contributed by atoms with Gasteiger partial charge in [-0.2, -0.15) is 0 Å². The van der Waals surface area contributed by atoms with Crippen LogP contribution in [0.2, 0.25) is 0 Å². The average Bonchev–Trinajstić information content (AvgIpc) is 3.00. The summed E-state index contributed by atoms with van der Waals surface area (Å²) in [6.45, 7) is 2.87. The van der Waals surface area contributed by atoms with E-state index in [9.17, 15) is 4.79 Å². The number of hydrogen-bond donors (Lipinski definition) is 1. The number of fused-ring (bicyclic) bond motifs is 1. The molecule has 0 saturated carbocycles. The molecular weight excluding hydrogens is 288 g/mol. The van der Waals surface area contributed by atoms with Gasteiger partial charge >= 0.3 is 0 Å². The van der Waals surface area contributed by atoms with Gasteiger partial charge < -0.3 is 15.0 Å². The molecule has 1 unspecified atom stereocenters. The van der Waals surface area contributed by atoms with E-state index in [1.165, 1.54) is 0 Å². The molecule has 1 atom stereocenters. The molecule has 0 aliphatic carbocycles. The first-order valence-electron chi connectivity index (χ1n) is 8.07. The van der Waals surface area contributed by atoms with Gasteiger partial charge in [0.1, 0.15) is 5.60 Å². The summed E-state index contributed by atoms with van der Waals surface area (Å²) in [5.41, 5.74) is 2.46. The van der Waals surface area contributed by atoms with Crippen LogP contribution in [-0.2, 0) is 11.3 Å². The highest BCUT2D eigenvalue weighted by Crippen LogP contribution is 2.33. The first-order valence-corrected chi connectivity index (χ1v) is 8.07. The molecule has 23 heavy (non-hydrogen) atoms. The van der Waals surface area contributed by atoms with Crippen LogP contribution >= 0.6 is 0 Å². The molecule has 0 bridgehead atoms. The van der Waals surface area contributed by atoms with Crippen molar-refractivity contribution in [2.24, 2.45) is 0 Å². The molecular formula is C19H20N2O2. The molecule has 1 fully saturated rings. The second kappa shape index (κ2) is 5.80. The van der Waals surface area contributed by atoms with Crippen LogP contribution in [-0.4, -0.2) is 31.1 Å². The normalized spacial score (nSPS) is 23.6. The number of anilines is 1. The maximum absolute atomic E-state index is 13.1. The minimum absolute atomic E-state index is 0.0369. The number of benzene rings is 2. The molecule has 1 spiro atoms. The lowest BCUT2D eigenvalue weighted by Crippen LogP contribution is -2.47. The first-order chi connectivity index (χ1) is 11.3. The van der Waals surface area contributed by atoms with Gasteiger partial charge in [-0.05, 0) is 31.2 Å². The highest BCUT2D eigenvalue weighted by molar-refractivity contribution is 6.06. The van der Waals surface area contributed by atoms with Crippen LogP contribution < -0.4 is 10.2 Å². The van der Waals surface area contributed by atoms with E-state index in [4.69, 9.17) is 4.74 Å². The fraction of sp³-hybridized carbons (Fsp3) is 0.316. The average molecular weight is 308 g/mol. The number of amides is 1. The van der Waals surface area contributed by atoms with Crippen LogP contribution in [0.3, 0.4) is 0 Å². The zero-order valence-electron chi connectivity index (χ0n) is 13.0. The van der Waals surface area contributed by atoms with Gasteiger partial charge in [0.05, 0.1) is 13.2 Å². The van der Waals surface area contributed by atoms with Gasteiger partial charge in [0.15, 0.2) is 0 Å². The van der Waals surface area contributed by atoms with Crippen molar-refractivity contribution >= 4 is 11.6 Å². The van der Waals surface area contributed by atoms with Crippen molar-refractivity contribution in [3.8, 4) is 0 Å². The van der Waals surface area contributed by atoms with Gasteiger partial charge in [0.25, 0.3) is 5.91 Å². The first kappa shape index (κ1) is 14.4. The van der Waals surface area contributed by atoms with Crippen LogP contribution in [0.1, 0.15) is 22.3 Å². The second-order valence-electron chi connectivity index (χ2n) is 6.28. The maximum Gasteiger partial charge on any atom is 0.258 e. The van der Waals surface area contributed by atoms with E-state index in [2.05, 4.69) is 5.32 Å². The minimum Gasteiger partial charge on any atom is -0.367 e. The van der Waals surface area contributed by atoms with E-state index in [0.717, 1.165) is 30.8 Å². The standard InChI is InChI=1S/C19H20N2O2/c22-18(15-6-2-1-3-7-15)21-14-19(10-11-20-13-19)23-12-16-8-4-5-9-17(16)21/h1-9,20H,10-14H2. The largest absolute Gasteiger partial charge is 0.367 e. The lowest BCUT2D eigenvalue weighted by atomic mass is 10.0. The van der Waals surface area contributed by atoms with E-state index < -0.39 is 0 Å². The van der Waals surface area contributed by atoms with Crippen LogP contribution in [0.4, 0.5) is 5.69 Å². The van der Waals surface area contributed by atoms with Crippen molar-refractivity contribution in [2.75, 3.05) is 24.5 Å². The lowest BCUT2D eigenvalue weighted by Gasteiger charge is -2.32. The van der Waals surface area contributed by atoms with Gasteiger partial charge in [-0.1, -0.05) is 36.4 Å². The predicted molar refractivity (Wildman–Crippen MR) is 89.6 cm³/mol. The molecule has 1 saturated heterocycles. The fourth-order valence-electron chi connectivity index (χ4n) is 3.44. The third-order valence-electron chi connectivity index (χ3n) is 4.73. The van der Waals surface area contributed by atoms with Crippen molar-refractivity contribution in [1.29, 1.82) is 0 Å². The molecule has 2 aliphatic heterocycles. The summed E-state index contributed by atoms with van der Waals surface area (Å²) < 4.78 is 6.24. The lowest BCUT2D eigenvalue weighted by molar-refractivity contribution is -0.0315. The third kappa shape index (κ3) is 2.64. The summed E-state index contributed by atoms with van der Waals surface area (Å²) in [6.07, 6.45) is 0.930. The third-order valence-corrected chi connectivity index (χ3v) is 4.73. The van der Waals surface area contributed by atoms with Gasteiger partial charge in [-0.25, -0.2) is 0 Å². The van der Waals surface area contributed by atoms with Crippen LogP contribution in [0.25, 0.3) is 0 Å². The summed E-state index contributed by atoms with van der Waals surface area (Å²) in [6, 6.07) is 17.5. The van der Waals surface area contributed by atoms with E-state index in [-0.39, 0.29) is 11.5 Å². The SMILES string of the molecule is O=C(c1ccccc1)N1CC2(CCNC2)OCc2ccccc21. The summed E-state index contributed by atoms with van der Waals surface area (Å²) in [5, 5.41) is 3.37. The van der Waals surface area contributed by atoms with Gasteiger partial charge in [0.2, 0.25) is 0 Å². The Bertz CT molecular complexity index is 708. The summed E-state index contributed by atoms with van der Waals surface area (Å²) >= 11 is 0. The number of rotatable bonds is 1. The van der Waals surface area contributed by atoms with Crippen molar-refractivity contribution in [1.82, 2.24) is 5.32 Å². The summed E-state index contributed by atoms with van der Waals surface area (Å²) in [5.74, 6) is 0.0369. The van der Waals surface area contributed by atoms with Crippen molar-refractivity contribution < 1.29 is 9.53 Å². The second-order valence-corrected chi connectivity index (χ2v) is 6.28. The van der Waals surface area contributed by atoms with E-state index >= 15 is 0 Å². The molecule has 2 aliphatic rings. The molecule has 1 N–H and O–H groups in total.